The van der Waals surface area contributed by atoms with Crippen LogP contribution in [0.25, 0.3) is 21.9 Å². The Morgan fingerprint density at radius 3 is 2.84 bits per heavy atom. The molecule has 0 amide bonds. The molecule has 0 saturated carbocycles. The summed E-state index contributed by atoms with van der Waals surface area (Å²) in [5, 5.41) is 6.02. The third-order valence-corrected chi connectivity index (χ3v) is 4.79. The SMILES string of the molecule is O=c1c2[nH]c3ccc(Br)cc3c2ncn1N=Cc1ccc(Cl)cc1Cl. The zero-order chi connectivity index (χ0) is 17.6. The average Bonchev–Trinajstić information content (AvgIpc) is 2.94. The van der Waals surface area contributed by atoms with E-state index in [4.69, 9.17) is 23.2 Å². The van der Waals surface area contributed by atoms with Crippen LogP contribution in [0.5, 0.6) is 0 Å². The molecule has 0 spiro atoms. The minimum atomic E-state index is -0.293. The van der Waals surface area contributed by atoms with Crippen molar-refractivity contribution in [2.45, 2.75) is 0 Å². The summed E-state index contributed by atoms with van der Waals surface area (Å²) < 4.78 is 2.08. The molecule has 2 aromatic carbocycles. The molecule has 0 unspecified atom stereocenters. The van der Waals surface area contributed by atoms with E-state index in [2.05, 4.69) is 31.0 Å². The van der Waals surface area contributed by atoms with Gasteiger partial charge in [0.05, 0.1) is 11.2 Å². The number of fused-ring (bicyclic) bond motifs is 3. The van der Waals surface area contributed by atoms with Crippen molar-refractivity contribution >= 4 is 67.3 Å². The molecular weight excluding hydrogens is 427 g/mol. The molecule has 25 heavy (non-hydrogen) atoms. The van der Waals surface area contributed by atoms with Crippen LogP contribution >= 0.6 is 39.1 Å². The molecule has 0 radical (unpaired) electrons. The predicted octanol–water partition coefficient (Wildman–Crippen LogP) is 4.83. The smallest absolute Gasteiger partial charge is 0.298 e. The highest BCUT2D eigenvalue weighted by molar-refractivity contribution is 9.10. The van der Waals surface area contributed by atoms with Crippen LogP contribution in [0, 0.1) is 0 Å². The molecule has 124 valence electrons. The van der Waals surface area contributed by atoms with E-state index in [1.807, 2.05) is 18.2 Å². The lowest BCUT2D eigenvalue weighted by Crippen LogP contribution is -2.17. The van der Waals surface area contributed by atoms with E-state index < -0.39 is 0 Å². The molecule has 2 aromatic heterocycles. The molecule has 0 saturated heterocycles. The Balaban J connectivity index is 1.83. The molecule has 5 nitrogen and oxygen atoms in total. The molecule has 0 aliphatic carbocycles. The van der Waals surface area contributed by atoms with E-state index in [1.165, 1.54) is 12.5 Å². The van der Waals surface area contributed by atoms with Gasteiger partial charge >= 0.3 is 0 Å². The summed E-state index contributed by atoms with van der Waals surface area (Å²) in [5.74, 6) is 0. The number of nitrogens with one attached hydrogen (secondary N) is 1. The Morgan fingerprint density at radius 2 is 2.04 bits per heavy atom. The van der Waals surface area contributed by atoms with Crippen LogP contribution in [0.2, 0.25) is 10.0 Å². The molecule has 0 fully saturated rings. The second-order valence-corrected chi connectivity index (χ2v) is 7.10. The fourth-order valence-corrected chi connectivity index (χ4v) is 3.35. The van der Waals surface area contributed by atoms with Crippen molar-refractivity contribution in [1.29, 1.82) is 0 Å². The van der Waals surface area contributed by atoms with Crippen molar-refractivity contribution in [3.63, 3.8) is 0 Å². The summed E-state index contributed by atoms with van der Waals surface area (Å²) in [6.45, 7) is 0. The molecule has 2 heterocycles. The molecule has 0 aliphatic rings. The van der Waals surface area contributed by atoms with Gasteiger partial charge in [-0.2, -0.15) is 9.78 Å². The minimum absolute atomic E-state index is 0.293. The lowest BCUT2D eigenvalue weighted by atomic mass is 10.2. The number of hydrogen-bond acceptors (Lipinski definition) is 3. The molecule has 4 aromatic rings. The first-order valence-electron chi connectivity index (χ1n) is 7.21. The van der Waals surface area contributed by atoms with E-state index in [9.17, 15) is 4.79 Å². The Labute approximate surface area is 160 Å². The highest BCUT2D eigenvalue weighted by Gasteiger charge is 2.11. The van der Waals surface area contributed by atoms with Crippen molar-refractivity contribution < 1.29 is 0 Å². The lowest BCUT2D eigenvalue weighted by molar-refractivity contribution is 0.815. The quantitative estimate of drug-likeness (QED) is 0.458. The maximum absolute atomic E-state index is 12.7. The number of halogens is 3. The fourth-order valence-electron chi connectivity index (χ4n) is 2.53. The number of benzene rings is 2. The number of hydrogen-bond donors (Lipinski definition) is 1. The number of aromatic nitrogens is 3. The number of rotatable bonds is 2. The highest BCUT2D eigenvalue weighted by Crippen LogP contribution is 2.25. The van der Waals surface area contributed by atoms with Crippen LogP contribution < -0.4 is 5.56 Å². The Bertz CT molecular complexity index is 1210. The Morgan fingerprint density at radius 1 is 1.20 bits per heavy atom. The summed E-state index contributed by atoms with van der Waals surface area (Å²) in [5.41, 5.74) is 2.20. The van der Waals surface area contributed by atoms with E-state index in [1.54, 1.807) is 18.2 Å². The predicted molar refractivity (Wildman–Crippen MR) is 105 cm³/mol. The van der Waals surface area contributed by atoms with Gasteiger partial charge in [-0.15, -0.1) is 0 Å². The van der Waals surface area contributed by atoms with Gasteiger partial charge in [-0.05, 0) is 30.3 Å². The maximum Gasteiger partial charge on any atom is 0.298 e. The Kier molecular flexibility index (Phi) is 4.11. The zero-order valence-electron chi connectivity index (χ0n) is 12.5. The van der Waals surface area contributed by atoms with Crippen LogP contribution in [-0.2, 0) is 0 Å². The molecule has 1 N–H and O–H groups in total. The summed E-state index contributed by atoms with van der Waals surface area (Å²) >= 11 is 15.4. The summed E-state index contributed by atoms with van der Waals surface area (Å²) in [6, 6.07) is 10.8. The normalized spacial score (nSPS) is 11.8. The monoisotopic (exact) mass is 434 g/mol. The van der Waals surface area contributed by atoms with Gasteiger partial charge in [-0.1, -0.05) is 45.2 Å². The molecule has 0 bridgehead atoms. The first kappa shape index (κ1) is 16.3. The van der Waals surface area contributed by atoms with Crippen molar-refractivity contribution in [1.82, 2.24) is 14.6 Å². The van der Waals surface area contributed by atoms with E-state index in [0.717, 1.165) is 20.1 Å². The van der Waals surface area contributed by atoms with Gasteiger partial charge in [0.2, 0.25) is 0 Å². The van der Waals surface area contributed by atoms with Gasteiger partial charge in [0.25, 0.3) is 5.56 Å². The van der Waals surface area contributed by atoms with E-state index >= 15 is 0 Å². The summed E-state index contributed by atoms with van der Waals surface area (Å²) in [7, 11) is 0. The third kappa shape index (κ3) is 2.97. The standard InChI is InChI=1S/C17H9BrCl2N4O/c18-10-2-4-14-12(5-10)15-16(23-14)17(25)24(8-21-15)22-7-9-1-3-11(19)6-13(9)20/h1-8,23H. The van der Waals surface area contributed by atoms with Crippen LogP contribution in [0.15, 0.2) is 57.1 Å². The van der Waals surface area contributed by atoms with Crippen LogP contribution in [0.3, 0.4) is 0 Å². The van der Waals surface area contributed by atoms with Gasteiger partial charge in [0.1, 0.15) is 17.4 Å². The van der Waals surface area contributed by atoms with Crippen molar-refractivity contribution in [3.05, 3.63) is 73.2 Å². The summed E-state index contributed by atoms with van der Waals surface area (Å²) in [4.78, 5) is 20.1. The largest absolute Gasteiger partial charge is 0.349 e. The van der Waals surface area contributed by atoms with E-state index in [0.29, 0.717) is 26.6 Å². The lowest BCUT2D eigenvalue weighted by Gasteiger charge is -2.00. The summed E-state index contributed by atoms with van der Waals surface area (Å²) in [6.07, 6.45) is 2.88. The first-order valence-corrected chi connectivity index (χ1v) is 8.76. The second-order valence-electron chi connectivity index (χ2n) is 5.34. The Hall–Kier alpha value is -2.15. The number of H-pyrrole nitrogens is 1. The fraction of sp³-hybridized carbons (Fsp3) is 0. The van der Waals surface area contributed by atoms with Crippen LogP contribution in [-0.4, -0.2) is 20.9 Å². The van der Waals surface area contributed by atoms with Gasteiger partial charge < -0.3 is 4.98 Å². The zero-order valence-corrected chi connectivity index (χ0v) is 15.6. The third-order valence-electron chi connectivity index (χ3n) is 3.74. The number of nitrogens with zero attached hydrogens (tertiary/aromatic N) is 3. The molecule has 4 rings (SSSR count). The minimum Gasteiger partial charge on any atom is -0.349 e. The second kappa shape index (κ2) is 6.29. The van der Waals surface area contributed by atoms with Gasteiger partial charge in [0.15, 0.2) is 0 Å². The molecular formula is C17H9BrCl2N4O. The van der Waals surface area contributed by atoms with Gasteiger partial charge in [0, 0.05) is 26.0 Å². The molecule has 8 heteroatoms. The van der Waals surface area contributed by atoms with Crippen LogP contribution in [0.1, 0.15) is 5.56 Å². The van der Waals surface area contributed by atoms with Crippen molar-refractivity contribution in [3.8, 4) is 0 Å². The van der Waals surface area contributed by atoms with Crippen molar-refractivity contribution in [2.75, 3.05) is 0 Å². The van der Waals surface area contributed by atoms with E-state index in [-0.39, 0.29) is 5.56 Å². The topological polar surface area (TPSA) is 63.0 Å². The van der Waals surface area contributed by atoms with Gasteiger partial charge in [-0.25, -0.2) is 4.98 Å². The number of aromatic amines is 1. The average molecular weight is 436 g/mol. The maximum atomic E-state index is 12.7. The molecule has 0 aliphatic heterocycles. The van der Waals surface area contributed by atoms with Crippen molar-refractivity contribution in [2.24, 2.45) is 5.10 Å². The molecule has 0 atom stereocenters. The van der Waals surface area contributed by atoms with Crippen LogP contribution in [0.4, 0.5) is 0 Å². The van der Waals surface area contributed by atoms with Gasteiger partial charge in [-0.3, -0.25) is 4.79 Å². The first-order chi connectivity index (χ1) is 12.0. The highest BCUT2D eigenvalue weighted by atomic mass is 79.9.